The van der Waals surface area contributed by atoms with E-state index in [1.54, 1.807) is 0 Å². The number of hydrogen-bond donors (Lipinski definition) is 1. The monoisotopic (exact) mass is 380 g/mol. The van der Waals surface area contributed by atoms with Crippen LogP contribution in [0.3, 0.4) is 0 Å². The molecule has 0 radical (unpaired) electrons. The summed E-state index contributed by atoms with van der Waals surface area (Å²) in [5.41, 5.74) is 8.85. The fourth-order valence-corrected chi connectivity index (χ4v) is 3.50. The third-order valence-electron chi connectivity index (χ3n) is 5.52. The lowest BCUT2D eigenvalue weighted by atomic mass is 9.84. The van der Waals surface area contributed by atoms with Crippen molar-refractivity contribution in [2.24, 2.45) is 11.7 Å². The SMILES string of the molecule is CCN1CCC(C(=O)c2ccc(C(C)(C)C)cc2)CC1.NCc1ccccc1. The summed E-state index contributed by atoms with van der Waals surface area (Å²) < 4.78 is 0. The van der Waals surface area contributed by atoms with Crippen LogP contribution in [0.2, 0.25) is 0 Å². The second kappa shape index (κ2) is 10.5. The zero-order chi connectivity index (χ0) is 20.6. The van der Waals surface area contributed by atoms with Crippen LogP contribution in [0, 0.1) is 5.92 Å². The Morgan fingerprint density at radius 2 is 1.57 bits per heavy atom. The number of benzene rings is 2. The fraction of sp³-hybridized carbons (Fsp3) is 0.480. The van der Waals surface area contributed by atoms with Crippen LogP contribution < -0.4 is 5.73 Å². The Kier molecular flexibility index (Phi) is 8.40. The molecule has 3 heteroatoms. The lowest BCUT2D eigenvalue weighted by molar-refractivity contribution is 0.0844. The molecule has 3 nitrogen and oxygen atoms in total. The van der Waals surface area contributed by atoms with Crippen molar-refractivity contribution < 1.29 is 4.79 Å². The highest BCUT2D eigenvalue weighted by atomic mass is 16.1. The van der Waals surface area contributed by atoms with E-state index in [4.69, 9.17) is 5.73 Å². The Balaban J connectivity index is 0.000000292. The molecule has 2 N–H and O–H groups in total. The zero-order valence-corrected chi connectivity index (χ0v) is 17.9. The molecule has 152 valence electrons. The fourth-order valence-electron chi connectivity index (χ4n) is 3.50. The number of carbonyl (C=O) groups excluding carboxylic acids is 1. The number of ketones is 1. The molecule has 0 atom stereocenters. The maximum absolute atomic E-state index is 12.5. The van der Waals surface area contributed by atoms with Crippen molar-refractivity contribution >= 4 is 5.78 Å². The van der Waals surface area contributed by atoms with Crippen LogP contribution in [-0.2, 0) is 12.0 Å². The number of carbonyl (C=O) groups is 1. The van der Waals surface area contributed by atoms with Gasteiger partial charge in [-0.1, -0.05) is 82.3 Å². The average molecular weight is 381 g/mol. The summed E-state index contributed by atoms with van der Waals surface area (Å²) >= 11 is 0. The maximum Gasteiger partial charge on any atom is 0.166 e. The second-order valence-electron chi connectivity index (χ2n) is 8.59. The topological polar surface area (TPSA) is 46.3 Å². The quantitative estimate of drug-likeness (QED) is 0.756. The minimum absolute atomic E-state index is 0.147. The summed E-state index contributed by atoms with van der Waals surface area (Å²) in [6, 6.07) is 18.2. The summed E-state index contributed by atoms with van der Waals surface area (Å²) in [5.74, 6) is 0.555. The average Bonchev–Trinajstić information content (AvgIpc) is 2.74. The normalized spacial score (nSPS) is 15.6. The van der Waals surface area contributed by atoms with Gasteiger partial charge < -0.3 is 10.6 Å². The van der Waals surface area contributed by atoms with Gasteiger partial charge in [-0.3, -0.25) is 4.79 Å². The van der Waals surface area contributed by atoms with Crippen LogP contribution in [0.1, 0.15) is 62.0 Å². The lowest BCUT2D eigenvalue weighted by Gasteiger charge is -2.30. The molecular weight excluding hydrogens is 344 g/mol. The van der Waals surface area contributed by atoms with Gasteiger partial charge in [0.25, 0.3) is 0 Å². The van der Waals surface area contributed by atoms with Crippen molar-refractivity contribution in [3.05, 3.63) is 71.3 Å². The predicted molar refractivity (Wildman–Crippen MR) is 119 cm³/mol. The lowest BCUT2D eigenvalue weighted by Crippen LogP contribution is -2.36. The first-order valence-corrected chi connectivity index (χ1v) is 10.5. The van der Waals surface area contributed by atoms with E-state index in [0.29, 0.717) is 12.3 Å². The van der Waals surface area contributed by atoms with Crippen LogP contribution in [0.4, 0.5) is 0 Å². The van der Waals surface area contributed by atoms with Gasteiger partial charge in [-0.05, 0) is 49.0 Å². The van der Waals surface area contributed by atoms with Gasteiger partial charge in [0.2, 0.25) is 0 Å². The molecule has 1 aliphatic rings. The van der Waals surface area contributed by atoms with E-state index in [0.717, 1.165) is 38.0 Å². The maximum atomic E-state index is 12.5. The summed E-state index contributed by atoms with van der Waals surface area (Å²) in [5, 5.41) is 0. The Bertz CT molecular complexity index is 708. The molecule has 0 spiro atoms. The molecule has 0 aliphatic carbocycles. The van der Waals surface area contributed by atoms with Crippen molar-refractivity contribution in [1.82, 2.24) is 4.90 Å². The van der Waals surface area contributed by atoms with Gasteiger partial charge >= 0.3 is 0 Å². The standard InChI is InChI=1S/C18H27NO.C7H9N/c1-5-19-12-10-15(11-13-19)17(20)14-6-8-16(9-7-14)18(2,3)4;8-6-7-4-2-1-3-5-7/h6-9,15H,5,10-13H2,1-4H3;1-5H,6,8H2. The van der Waals surface area contributed by atoms with Crippen molar-refractivity contribution in [3.8, 4) is 0 Å². The highest BCUT2D eigenvalue weighted by Gasteiger charge is 2.25. The number of Topliss-reactive ketones (excluding diaryl/α,β-unsaturated/α-hetero) is 1. The molecule has 1 fully saturated rings. The van der Waals surface area contributed by atoms with Crippen LogP contribution in [0.15, 0.2) is 54.6 Å². The molecule has 0 aromatic heterocycles. The molecule has 0 bridgehead atoms. The van der Waals surface area contributed by atoms with Gasteiger partial charge in [-0.15, -0.1) is 0 Å². The van der Waals surface area contributed by atoms with Gasteiger partial charge in [-0.2, -0.15) is 0 Å². The Morgan fingerprint density at radius 3 is 2.00 bits per heavy atom. The molecule has 1 aliphatic heterocycles. The second-order valence-corrected chi connectivity index (χ2v) is 8.59. The van der Waals surface area contributed by atoms with E-state index < -0.39 is 0 Å². The first-order chi connectivity index (χ1) is 13.3. The van der Waals surface area contributed by atoms with Crippen LogP contribution in [-0.4, -0.2) is 30.3 Å². The van der Waals surface area contributed by atoms with Gasteiger partial charge in [0.1, 0.15) is 0 Å². The molecule has 2 aromatic carbocycles. The minimum atomic E-state index is 0.147. The van der Waals surface area contributed by atoms with Crippen LogP contribution in [0.5, 0.6) is 0 Å². The third-order valence-corrected chi connectivity index (χ3v) is 5.52. The van der Waals surface area contributed by atoms with E-state index in [-0.39, 0.29) is 11.3 Å². The van der Waals surface area contributed by atoms with E-state index >= 15 is 0 Å². The number of likely N-dealkylation sites (tertiary alicyclic amines) is 1. The number of rotatable bonds is 4. The Morgan fingerprint density at radius 1 is 1.00 bits per heavy atom. The van der Waals surface area contributed by atoms with E-state index in [9.17, 15) is 4.79 Å². The third kappa shape index (κ3) is 6.57. The molecule has 3 rings (SSSR count). The van der Waals surface area contributed by atoms with Crippen molar-refractivity contribution in [1.29, 1.82) is 0 Å². The van der Waals surface area contributed by atoms with Gasteiger partial charge in [0.15, 0.2) is 5.78 Å². The molecule has 0 amide bonds. The highest BCUT2D eigenvalue weighted by Crippen LogP contribution is 2.25. The van der Waals surface area contributed by atoms with Gasteiger partial charge in [0, 0.05) is 18.0 Å². The van der Waals surface area contributed by atoms with Crippen LogP contribution >= 0.6 is 0 Å². The molecule has 1 heterocycles. The first kappa shape index (κ1) is 22.3. The van der Waals surface area contributed by atoms with Crippen molar-refractivity contribution in [3.63, 3.8) is 0 Å². The summed E-state index contributed by atoms with van der Waals surface area (Å²) in [4.78, 5) is 15.0. The molecule has 28 heavy (non-hydrogen) atoms. The largest absolute Gasteiger partial charge is 0.326 e. The predicted octanol–water partition coefficient (Wildman–Crippen LogP) is 5.04. The molecule has 2 aromatic rings. The first-order valence-electron chi connectivity index (χ1n) is 10.5. The number of hydrogen-bond acceptors (Lipinski definition) is 3. The van der Waals surface area contributed by atoms with E-state index in [2.05, 4.69) is 44.7 Å². The molecular formula is C25H36N2O. The zero-order valence-electron chi connectivity index (χ0n) is 17.9. The summed E-state index contributed by atoms with van der Waals surface area (Å²) in [6.45, 7) is 12.6. The Labute approximate surface area is 170 Å². The molecule has 1 saturated heterocycles. The summed E-state index contributed by atoms with van der Waals surface area (Å²) in [6.07, 6.45) is 2.02. The molecule has 0 unspecified atom stereocenters. The van der Waals surface area contributed by atoms with Gasteiger partial charge in [0.05, 0.1) is 0 Å². The van der Waals surface area contributed by atoms with Crippen LogP contribution in [0.25, 0.3) is 0 Å². The van der Waals surface area contributed by atoms with Crippen molar-refractivity contribution in [2.75, 3.05) is 19.6 Å². The van der Waals surface area contributed by atoms with E-state index in [1.807, 2.05) is 42.5 Å². The number of nitrogens with zero attached hydrogens (tertiary/aromatic N) is 1. The van der Waals surface area contributed by atoms with Gasteiger partial charge in [-0.25, -0.2) is 0 Å². The summed E-state index contributed by atoms with van der Waals surface area (Å²) in [7, 11) is 0. The number of piperidine rings is 1. The highest BCUT2D eigenvalue weighted by molar-refractivity contribution is 5.97. The van der Waals surface area contributed by atoms with E-state index in [1.165, 1.54) is 11.1 Å². The minimum Gasteiger partial charge on any atom is -0.326 e. The molecule has 0 saturated carbocycles. The number of nitrogens with two attached hydrogens (primary N) is 1. The Hall–Kier alpha value is -1.97. The smallest absolute Gasteiger partial charge is 0.166 e. The van der Waals surface area contributed by atoms with Crippen molar-refractivity contribution in [2.45, 2.75) is 52.5 Å².